The molecule has 0 amide bonds. The Kier molecular flexibility index (Phi) is 3.93. The van der Waals surface area contributed by atoms with Crippen LogP contribution in [0.4, 0.5) is 5.82 Å². The number of ether oxygens (including phenoxy) is 1. The SMILES string of the molecule is CC(O)[C@@H](CO)O[C@H](C)c1noc2c(N)ncnc12. The van der Waals surface area contributed by atoms with Crippen LogP contribution in [0, 0.1) is 0 Å². The molecule has 0 spiro atoms. The van der Waals surface area contributed by atoms with Crippen molar-refractivity contribution >= 4 is 16.9 Å². The van der Waals surface area contributed by atoms with Gasteiger partial charge >= 0.3 is 0 Å². The van der Waals surface area contributed by atoms with Crippen molar-refractivity contribution in [3.05, 3.63) is 12.0 Å². The van der Waals surface area contributed by atoms with Gasteiger partial charge in [0.05, 0.1) is 12.7 Å². The third-order valence-corrected chi connectivity index (χ3v) is 2.79. The number of hydrogen-bond acceptors (Lipinski definition) is 8. The van der Waals surface area contributed by atoms with Gasteiger partial charge in [-0.1, -0.05) is 5.16 Å². The average Bonchev–Trinajstić information content (AvgIpc) is 2.80. The summed E-state index contributed by atoms with van der Waals surface area (Å²) >= 11 is 0. The topological polar surface area (TPSA) is 128 Å². The molecular formula is C11H16N4O4. The molecule has 104 valence electrons. The predicted molar refractivity (Wildman–Crippen MR) is 66.1 cm³/mol. The summed E-state index contributed by atoms with van der Waals surface area (Å²) in [6, 6.07) is 0. The second-order valence-corrected chi connectivity index (χ2v) is 4.24. The van der Waals surface area contributed by atoms with Gasteiger partial charge < -0.3 is 25.2 Å². The van der Waals surface area contributed by atoms with Gasteiger partial charge in [0.15, 0.2) is 5.82 Å². The standard InChI is InChI=1S/C11H16N4O4/c1-5(17)7(3-16)18-6(2)8-9-10(19-15-8)11(12)14-4-13-9/h4-7,16-17H,3H2,1-2H3,(H2,12,13,14)/t5?,6-,7-/m1/s1. The van der Waals surface area contributed by atoms with Crippen molar-refractivity contribution < 1.29 is 19.5 Å². The first-order chi connectivity index (χ1) is 9.04. The van der Waals surface area contributed by atoms with Crippen LogP contribution in [-0.4, -0.2) is 44.2 Å². The van der Waals surface area contributed by atoms with Crippen molar-refractivity contribution in [3.8, 4) is 0 Å². The molecule has 0 fully saturated rings. The summed E-state index contributed by atoms with van der Waals surface area (Å²) in [5.74, 6) is 0.199. The van der Waals surface area contributed by atoms with Gasteiger partial charge in [-0.15, -0.1) is 0 Å². The zero-order valence-corrected chi connectivity index (χ0v) is 10.6. The fourth-order valence-electron chi connectivity index (χ4n) is 1.70. The molecule has 0 aliphatic rings. The van der Waals surface area contributed by atoms with Crippen molar-refractivity contribution in [1.82, 2.24) is 15.1 Å². The first-order valence-electron chi connectivity index (χ1n) is 5.84. The quantitative estimate of drug-likeness (QED) is 0.692. The van der Waals surface area contributed by atoms with Gasteiger partial charge in [-0.2, -0.15) is 0 Å². The van der Waals surface area contributed by atoms with Crippen LogP contribution in [0.1, 0.15) is 25.6 Å². The highest BCUT2D eigenvalue weighted by Crippen LogP contribution is 2.27. The number of aromatic nitrogens is 3. The molecule has 8 nitrogen and oxygen atoms in total. The van der Waals surface area contributed by atoms with E-state index in [1.54, 1.807) is 6.92 Å². The van der Waals surface area contributed by atoms with Gasteiger partial charge in [-0.05, 0) is 13.8 Å². The van der Waals surface area contributed by atoms with Crippen LogP contribution in [0.25, 0.3) is 11.1 Å². The van der Waals surface area contributed by atoms with Crippen molar-refractivity contribution in [3.63, 3.8) is 0 Å². The minimum Gasteiger partial charge on any atom is -0.394 e. The van der Waals surface area contributed by atoms with Gasteiger partial charge in [0.2, 0.25) is 5.58 Å². The van der Waals surface area contributed by atoms with E-state index in [-0.39, 0.29) is 12.4 Å². The number of hydrogen-bond donors (Lipinski definition) is 3. The van der Waals surface area contributed by atoms with E-state index in [4.69, 9.17) is 20.1 Å². The highest BCUT2D eigenvalue weighted by atomic mass is 16.5. The summed E-state index contributed by atoms with van der Waals surface area (Å²) in [6.45, 7) is 2.96. The molecule has 0 saturated carbocycles. The Morgan fingerprint density at radius 3 is 2.79 bits per heavy atom. The van der Waals surface area contributed by atoms with Crippen molar-refractivity contribution in [1.29, 1.82) is 0 Å². The Labute approximate surface area is 109 Å². The summed E-state index contributed by atoms with van der Waals surface area (Å²) in [4.78, 5) is 7.85. The Morgan fingerprint density at radius 1 is 1.42 bits per heavy atom. The van der Waals surface area contributed by atoms with Gasteiger partial charge in [0.25, 0.3) is 0 Å². The second kappa shape index (κ2) is 5.47. The van der Waals surface area contributed by atoms with E-state index < -0.39 is 18.3 Å². The van der Waals surface area contributed by atoms with E-state index in [0.717, 1.165) is 0 Å². The summed E-state index contributed by atoms with van der Waals surface area (Å²) in [5.41, 5.74) is 6.84. The van der Waals surface area contributed by atoms with E-state index in [1.807, 2.05) is 0 Å². The first-order valence-corrected chi connectivity index (χ1v) is 5.84. The number of nitrogen functional groups attached to an aromatic ring is 1. The molecule has 4 N–H and O–H groups in total. The zero-order chi connectivity index (χ0) is 14.0. The van der Waals surface area contributed by atoms with Crippen LogP contribution < -0.4 is 5.73 Å². The van der Waals surface area contributed by atoms with E-state index in [1.165, 1.54) is 13.3 Å². The maximum absolute atomic E-state index is 9.44. The molecular weight excluding hydrogens is 252 g/mol. The number of nitrogens with zero attached hydrogens (tertiary/aromatic N) is 3. The lowest BCUT2D eigenvalue weighted by Crippen LogP contribution is -2.31. The van der Waals surface area contributed by atoms with Crippen LogP contribution in [0.2, 0.25) is 0 Å². The van der Waals surface area contributed by atoms with E-state index in [2.05, 4.69) is 15.1 Å². The average molecular weight is 268 g/mol. The molecule has 0 aliphatic heterocycles. The minimum absolute atomic E-state index is 0.199. The van der Waals surface area contributed by atoms with Gasteiger partial charge in [0, 0.05) is 0 Å². The summed E-state index contributed by atoms with van der Waals surface area (Å²) in [7, 11) is 0. The van der Waals surface area contributed by atoms with E-state index in [9.17, 15) is 5.11 Å². The third kappa shape index (κ3) is 2.65. The van der Waals surface area contributed by atoms with E-state index in [0.29, 0.717) is 16.8 Å². The molecule has 0 aliphatic carbocycles. The maximum atomic E-state index is 9.44. The summed E-state index contributed by atoms with van der Waals surface area (Å²) in [6.07, 6.45) is -0.711. The van der Waals surface area contributed by atoms with Gasteiger partial charge in [0.1, 0.15) is 29.7 Å². The lowest BCUT2D eigenvalue weighted by atomic mass is 10.2. The third-order valence-electron chi connectivity index (χ3n) is 2.79. The molecule has 19 heavy (non-hydrogen) atoms. The van der Waals surface area contributed by atoms with E-state index >= 15 is 0 Å². The molecule has 2 heterocycles. The Bertz CT molecular complexity index is 557. The lowest BCUT2D eigenvalue weighted by molar-refractivity contribution is -0.0894. The first kappa shape index (κ1) is 13.7. The minimum atomic E-state index is -0.801. The highest BCUT2D eigenvalue weighted by Gasteiger charge is 2.24. The van der Waals surface area contributed by atoms with Crippen LogP contribution in [0.3, 0.4) is 0 Å². The second-order valence-electron chi connectivity index (χ2n) is 4.24. The molecule has 0 bridgehead atoms. The van der Waals surface area contributed by atoms with Gasteiger partial charge in [-0.3, -0.25) is 0 Å². The van der Waals surface area contributed by atoms with Gasteiger partial charge in [-0.25, -0.2) is 9.97 Å². The molecule has 2 rings (SSSR count). The molecule has 2 aromatic heterocycles. The number of aliphatic hydroxyl groups is 2. The Morgan fingerprint density at radius 2 is 2.16 bits per heavy atom. The van der Waals surface area contributed by atoms with Crippen molar-refractivity contribution in [2.24, 2.45) is 0 Å². The number of aliphatic hydroxyl groups excluding tert-OH is 2. The fraction of sp³-hybridized carbons (Fsp3) is 0.545. The van der Waals surface area contributed by atoms with Crippen molar-refractivity contribution in [2.45, 2.75) is 32.2 Å². The fourth-order valence-corrected chi connectivity index (χ4v) is 1.70. The Hall–Kier alpha value is -1.77. The zero-order valence-electron chi connectivity index (χ0n) is 10.6. The maximum Gasteiger partial charge on any atom is 0.227 e. The largest absolute Gasteiger partial charge is 0.394 e. The number of rotatable bonds is 5. The van der Waals surface area contributed by atoms with Crippen molar-refractivity contribution in [2.75, 3.05) is 12.3 Å². The normalized spacial score (nSPS) is 16.4. The molecule has 1 unspecified atom stereocenters. The number of nitrogens with two attached hydrogens (primary N) is 1. The summed E-state index contributed by atoms with van der Waals surface area (Å²) < 4.78 is 10.6. The molecule has 2 aromatic rings. The molecule has 0 saturated heterocycles. The lowest BCUT2D eigenvalue weighted by Gasteiger charge is -2.21. The number of fused-ring (bicyclic) bond motifs is 1. The Balaban J connectivity index is 2.27. The molecule has 0 aromatic carbocycles. The molecule has 8 heteroatoms. The van der Waals surface area contributed by atoms with Crippen LogP contribution in [-0.2, 0) is 4.74 Å². The monoisotopic (exact) mass is 268 g/mol. The van der Waals surface area contributed by atoms with Crippen LogP contribution >= 0.6 is 0 Å². The molecule has 0 radical (unpaired) electrons. The van der Waals surface area contributed by atoms with Crippen LogP contribution in [0.15, 0.2) is 10.9 Å². The smallest absolute Gasteiger partial charge is 0.227 e. The highest BCUT2D eigenvalue weighted by molar-refractivity contribution is 5.83. The number of anilines is 1. The predicted octanol–water partition coefficient (Wildman–Crippen LogP) is 0.0193. The van der Waals surface area contributed by atoms with Crippen LogP contribution in [0.5, 0.6) is 0 Å². The summed E-state index contributed by atoms with van der Waals surface area (Å²) in [5, 5.41) is 22.4. The molecule has 3 atom stereocenters.